The van der Waals surface area contributed by atoms with Gasteiger partial charge in [0.1, 0.15) is 0 Å². The van der Waals surface area contributed by atoms with Gasteiger partial charge in [-0.1, -0.05) is 68.5 Å². The fourth-order valence-corrected chi connectivity index (χ4v) is 8.45. The number of hydrogen-bond acceptors (Lipinski definition) is 2. The van der Waals surface area contributed by atoms with E-state index in [0.717, 1.165) is 48.8 Å². The zero-order valence-corrected chi connectivity index (χ0v) is 20.3. The lowest BCUT2D eigenvalue weighted by atomic mass is 9.47. The summed E-state index contributed by atoms with van der Waals surface area (Å²) in [5, 5.41) is 3.25. The van der Waals surface area contributed by atoms with Crippen LogP contribution in [0.4, 0.5) is 0 Å². The van der Waals surface area contributed by atoms with Gasteiger partial charge >= 0.3 is 0 Å². The maximum Gasteiger partial charge on any atom is 0.243 e. The van der Waals surface area contributed by atoms with Gasteiger partial charge in [0.15, 0.2) is 5.78 Å². The third kappa shape index (κ3) is 3.23. The van der Waals surface area contributed by atoms with Crippen LogP contribution in [0.1, 0.15) is 62.7 Å². The Balaban J connectivity index is 1.27. The summed E-state index contributed by atoms with van der Waals surface area (Å²) in [6, 6.07) is 18.8. The van der Waals surface area contributed by atoms with Gasteiger partial charge in [-0.15, -0.1) is 0 Å². The molecule has 0 bridgehead atoms. The molecule has 1 aliphatic heterocycles. The maximum atomic E-state index is 13.9. The minimum absolute atomic E-state index is 0.0459. The number of fused-ring (bicyclic) bond motifs is 5. The highest BCUT2D eigenvalue weighted by Gasteiger charge is 2.60. The van der Waals surface area contributed by atoms with Crippen LogP contribution in [0.5, 0.6) is 0 Å². The van der Waals surface area contributed by atoms with Crippen LogP contribution < -0.4 is 5.32 Å². The molecule has 2 aromatic rings. The molecule has 3 fully saturated rings. The lowest BCUT2D eigenvalue weighted by molar-refractivity contribution is -0.122. The Labute approximate surface area is 203 Å². The highest BCUT2D eigenvalue weighted by atomic mass is 16.1. The van der Waals surface area contributed by atoms with Crippen LogP contribution in [0.2, 0.25) is 0 Å². The van der Waals surface area contributed by atoms with E-state index in [4.69, 9.17) is 0 Å². The molecular weight excluding hydrogens is 418 g/mol. The predicted octanol–water partition coefficient (Wildman–Crippen LogP) is 6.45. The minimum Gasteiger partial charge on any atom is -0.349 e. The molecule has 6 rings (SSSR count). The molecule has 3 aliphatic carbocycles. The van der Waals surface area contributed by atoms with Crippen molar-refractivity contribution in [3.8, 4) is 11.1 Å². The first-order chi connectivity index (χ1) is 16.4. The van der Waals surface area contributed by atoms with E-state index >= 15 is 0 Å². The van der Waals surface area contributed by atoms with Gasteiger partial charge in [-0.05, 0) is 85.0 Å². The number of Topliss-reactive ketones (excluding diaryl/α,β-unsaturated/α-hetero) is 1. The number of ketones is 1. The number of benzene rings is 2. The van der Waals surface area contributed by atoms with E-state index in [1.807, 2.05) is 30.3 Å². The van der Waals surface area contributed by atoms with Crippen LogP contribution in [0, 0.1) is 34.5 Å². The van der Waals surface area contributed by atoms with Crippen molar-refractivity contribution < 1.29 is 9.59 Å². The molecule has 0 saturated heterocycles. The van der Waals surface area contributed by atoms with Crippen LogP contribution >= 0.6 is 0 Å². The second-order valence-electron chi connectivity index (χ2n) is 11.7. The summed E-state index contributed by atoms with van der Waals surface area (Å²) >= 11 is 0. The first-order valence-electron chi connectivity index (χ1n) is 13.1. The fourth-order valence-electron chi connectivity index (χ4n) is 8.45. The van der Waals surface area contributed by atoms with Crippen molar-refractivity contribution in [3.63, 3.8) is 0 Å². The second-order valence-corrected chi connectivity index (χ2v) is 11.7. The third-order valence-corrected chi connectivity index (χ3v) is 10.3. The normalized spacial score (nSPS) is 38.4. The van der Waals surface area contributed by atoms with E-state index in [2.05, 4.69) is 49.5 Å². The van der Waals surface area contributed by atoms with Crippen LogP contribution in [-0.4, -0.2) is 17.7 Å². The van der Waals surface area contributed by atoms with Crippen LogP contribution in [-0.2, 0) is 4.79 Å². The molecule has 1 N–H and O–H groups in total. The average Bonchev–Trinajstić information content (AvgIpc) is 3.22. The summed E-state index contributed by atoms with van der Waals surface area (Å²) in [5.41, 5.74) is 3.26. The summed E-state index contributed by atoms with van der Waals surface area (Å²) in [6.07, 6.45) is 10.6. The summed E-state index contributed by atoms with van der Waals surface area (Å²) in [5.74, 6) is 2.35. The van der Waals surface area contributed by atoms with Gasteiger partial charge in [0, 0.05) is 22.9 Å². The molecule has 0 unspecified atom stereocenters. The van der Waals surface area contributed by atoms with Gasteiger partial charge in [0.25, 0.3) is 0 Å². The number of rotatable bonds is 3. The van der Waals surface area contributed by atoms with Crippen LogP contribution in [0.3, 0.4) is 0 Å². The average molecular weight is 454 g/mol. The smallest absolute Gasteiger partial charge is 0.243 e. The highest BCUT2D eigenvalue weighted by molar-refractivity contribution is 5.99. The molecule has 3 heteroatoms. The van der Waals surface area contributed by atoms with Gasteiger partial charge < -0.3 is 5.32 Å². The lowest BCUT2D eigenvalue weighted by Crippen LogP contribution is -2.59. The predicted molar refractivity (Wildman–Crippen MR) is 135 cm³/mol. The first kappa shape index (κ1) is 21.8. The molecule has 0 aromatic heterocycles. The zero-order valence-electron chi connectivity index (χ0n) is 20.3. The molecule has 1 amide bonds. The van der Waals surface area contributed by atoms with Crippen LogP contribution in [0.25, 0.3) is 11.1 Å². The molecule has 1 heterocycles. The van der Waals surface area contributed by atoms with E-state index in [-0.39, 0.29) is 28.7 Å². The topological polar surface area (TPSA) is 46.2 Å². The van der Waals surface area contributed by atoms with E-state index in [1.165, 1.54) is 6.42 Å². The molecule has 0 spiro atoms. The van der Waals surface area contributed by atoms with E-state index in [0.29, 0.717) is 23.5 Å². The number of carbonyl (C=O) groups is 2. The number of hydrogen-bond donors (Lipinski definition) is 1. The molecule has 3 saturated carbocycles. The lowest BCUT2D eigenvalue weighted by Gasteiger charge is -2.58. The zero-order chi connectivity index (χ0) is 23.5. The van der Waals surface area contributed by atoms with Crippen molar-refractivity contribution in [1.82, 2.24) is 5.32 Å². The van der Waals surface area contributed by atoms with Gasteiger partial charge in [0.05, 0.1) is 0 Å². The fraction of sp³-hybridized carbons (Fsp3) is 0.484. The second kappa shape index (κ2) is 7.93. The highest BCUT2D eigenvalue weighted by Crippen LogP contribution is 2.65. The summed E-state index contributed by atoms with van der Waals surface area (Å²) < 4.78 is 0. The molecule has 3 nitrogen and oxygen atoms in total. The Morgan fingerprint density at radius 2 is 1.68 bits per heavy atom. The summed E-state index contributed by atoms with van der Waals surface area (Å²) in [6.45, 7) is 4.77. The maximum absolute atomic E-state index is 13.9. The molecule has 2 aromatic carbocycles. The molecular formula is C31H35NO2. The van der Waals surface area contributed by atoms with Gasteiger partial charge in [-0.2, -0.15) is 0 Å². The Bertz CT molecular complexity index is 1150. The summed E-state index contributed by atoms with van der Waals surface area (Å²) in [4.78, 5) is 25.9. The molecule has 4 aliphatic rings. The van der Waals surface area contributed by atoms with Crippen molar-refractivity contribution in [2.75, 3.05) is 0 Å². The van der Waals surface area contributed by atoms with Crippen molar-refractivity contribution in [2.24, 2.45) is 34.5 Å². The molecule has 34 heavy (non-hydrogen) atoms. The Morgan fingerprint density at radius 3 is 2.50 bits per heavy atom. The van der Waals surface area contributed by atoms with Gasteiger partial charge in [-0.25, -0.2) is 0 Å². The van der Waals surface area contributed by atoms with Crippen molar-refractivity contribution >= 4 is 11.7 Å². The van der Waals surface area contributed by atoms with Crippen molar-refractivity contribution in [1.29, 1.82) is 0 Å². The van der Waals surface area contributed by atoms with E-state index in [9.17, 15) is 9.59 Å². The van der Waals surface area contributed by atoms with Crippen molar-refractivity contribution in [3.05, 3.63) is 72.3 Å². The number of nitrogens with one attached hydrogen (secondary N) is 1. The van der Waals surface area contributed by atoms with Gasteiger partial charge in [0.2, 0.25) is 5.91 Å². The number of carbonyl (C=O) groups excluding carboxylic acids is 2. The Kier molecular flexibility index (Phi) is 5.09. The SMILES string of the molecule is C[C@]12C=CC(=O)N[C@@H]1CC[C@@H]1[C@@H]2CC[C@]2(C)[C@@H](C(=O)c3cccc(-c4ccccc4)c3)CC[C@@H]12. The summed E-state index contributed by atoms with van der Waals surface area (Å²) in [7, 11) is 0. The molecule has 0 radical (unpaired) electrons. The van der Waals surface area contributed by atoms with E-state index < -0.39 is 0 Å². The van der Waals surface area contributed by atoms with Crippen LogP contribution in [0.15, 0.2) is 66.7 Å². The molecule has 7 atom stereocenters. The third-order valence-electron chi connectivity index (χ3n) is 10.3. The minimum atomic E-state index is 0.0459. The number of amides is 1. The standard InChI is InChI=1S/C31H35NO2/c1-30-17-15-25-23(11-14-27-31(25,2)18-16-28(33)32-27)24(30)12-13-26(30)29(34)22-10-6-9-21(19-22)20-7-4-3-5-8-20/h3-10,16,18-19,23-27H,11-15,17H2,1-2H3,(H,32,33)/t23-,24-,25-,26+,27+,30-,31+/m0/s1. The first-order valence-corrected chi connectivity index (χ1v) is 13.1. The Morgan fingerprint density at radius 1 is 0.882 bits per heavy atom. The van der Waals surface area contributed by atoms with Gasteiger partial charge in [-0.3, -0.25) is 9.59 Å². The quantitative estimate of drug-likeness (QED) is 0.543. The van der Waals surface area contributed by atoms with Crippen molar-refractivity contribution in [2.45, 2.75) is 58.4 Å². The largest absolute Gasteiger partial charge is 0.349 e. The monoisotopic (exact) mass is 453 g/mol. The molecule has 176 valence electrons. The Hall–Kier alpha value is -2.68. The van der Waals surface area contributed by atoms with E-state index in [1.54, 1.807) is 6.08 Å².